The van der Waals surface area contributed by atoms with Gasteiger partial charge in [0, 0.05) is 5.54 Å². The lowest BCUT2D eigenvalue weighted by Gasteiger charge is -2.30. The zero-order valence-electron chi connectivity index (χ0n) is 11.3. The average Bonchev–Trinajstić information content (AvgIpc) is 2.43. The minimum Gasteiger partial charge on any atom is -0.321 e. The normalized spacial score (nSPS) is 14.1. The fourth-order valence-corrected chi connectivity index (χ4v) is 2.52. The Morgan fingerprint density at radius 1 is 1.00 bits per heavy atom. The van der Waals surface area contributed by atoms with Crippen LogP contribution in [0.15, 0.2) is 54.6 Å². The predicted octanol–water partition coefficient (Wildman–Crippen LogP) is 4.02. The Balaban J connectivity index is 2.27. The lowest BCUT2D eigenvalue weighted by molar-refractivity contribution is 0.400. The zero-order chi connectivity index (χ0) is 13.7. The summed E-state index contributed by atoms with van der Waals surface area (Å²) in [6.45, 7) is 2.13. The monoisotopic (exact) mass is 257 g/mol. The molecular weight excluding hydrogens is 237 g/mol. The summed E-state index contributed by atoms with van der Waals surface area (Å²) in [5.74, 6) is -0.207. The standard InChI is InChI=1S/C17H20FN/c1-2-12-17(19,15-6-4-3-5-7-15)13-14-8-10-16(18)11-9-14/h3-11H,2,12-13,19H2,1H3. The van der Waals surface area contributed by atoms with E-state index >= 15 is 0 Å². The van der Waals surface area contributed by atoms with Gasteiger partial charge in [0.25, 0.3) is 0 Å². The molecule has 0 spiro atoms. The third kappa shape index (κ3) is 3.42. The van der Waals surface area contributed by atoms with Gasteiger partial charge in [0.1, 0.15) is 5.82 Å². The van der Waals surface area contributed by atoms with Gasteiger partial charge in [-0.1, -0.05) is 55.8 Å². The highest BCUT2D eigenvalue weighted by Gasteiger charge is 2.26. The number of nitrogens with two attached hydrogens (primary N) is 1. The molecule has 0 aromatic heterocycles. The summed E-state index contributed by atoms with van der Waals surface area (Å²) >= 11 is 0. The van der Waals surface area contributed by atoms with Crippen molar-refractivity contribution in [3.63, 3.8) is 0 Å². The van der Waals surface area contributed by atoms with Crippen molar-refractivity contribution in [3.05, 3.63) is 71.5 Å². The first kappa shape index (κ1) is 13.8. The zero-order valence-corrected chi connectivity index (χ0v) is 11.3. The van der Waals surface area contributed by atoms with E-state index in [9.17, 15) is 4.39 Å². The van der Waals surface area contributed by atoms with Crippen molar-refractivity contribution < 1.29 is 4.39 Å². The van der Waals surface area contributed by atoms with Gasteiger partial charge in [0.2, 0.25) is 0 Å². The van der Waals surface area contributed by atoms with Crippen LogP contribution in [0.2, 0.25) is 0 Å². The second-order valence-corrected chi connectivity index (χ2v) is 5.08. The van der Waals surface area contributed by atoms with Crippen LogP contribution in [0, 0.1) is 5.82 Å². The lowest BCUT2D eigenvalue weighted by atomic mass is 9.81. The van der Waals surface area contributed by atoms with Crippen molar-refractivity contribution >= 4 is 0 Å². The lowest BCUT2D eigenvalue weighted by Crippen LogP contribution is -2.38. The Morgan fingerprint density at radius 2 is 1.63 bits per heavy atom. The van der Waals surface area contributed by atoms with Gasteiger partial charge in [0.05, 0.1) is 0 Å². The van der Waals surface area contributed by atoms with E-state index in [0.29, 0.717) is 0 Å². The van der Waals surface area contributed by atoms with E-state index in [4.69, 9.17) is 5.73 Å². The number of hydrogen-bond acceptors (Lipinski definition) is 1. The number of rotatable bonds is 5. The molecule has 0 amide bonds. The molecule has 0 aliphatic heterocycles. The van der Waals surface area contributed by atoms with E-state index in [-0.39, 0.29) is 11.4 Å². The van der Waals surface area contributed by atoms with Crippen LogP contribution in [0.4, 0.5) is 4.39 Å². The largest absolute Gasteiger partial charge is 0.321 e. The maximum absolute atomic E-state index is 13.0. The minimum atomic E-state index is -0.381. The summed E-state index contributed by atoms with van der Waals surface area (Å²) in [7, 11) is 0. The number of halogens is 1. The Hall–Kier alpha value is -1.67. The van der Waals surface area contributed by atoms with Crippen LogP contribution in [-0.4, -0.2) is 0 Å². The maximum atomic E-state index is 13.0. The molecule has 2 heteroatoms. The molecule has 0 saturated heterocycles. The van der Waals surface area contributed by atoms with Crippen molar-refractivity contribution in [2.45, 2.75) is 31.7 Å². The molecule has 0 fully saturated rings. The molecule has 0 aliphatic rings. The van der Waals surface area contributed by atoms with Crippen LogP contribution in [-0.2, 0) is 12.0 Å². The van der Waals surface area contributed by atoms with Crippen LogP contribution in [0.5, 0.6) is 0 Å². The summed E-state index contributed by atoms with van der Waals surface area (Å²) in [4.78, 5) is 0. The molecule has 2 N–H and O–H groups in total. The molecule has 0 heterocycles. The quantitative estimate of drug-likeness (QED) is 0.860. The SMILES string of the molecule is CCCC(N)(Cc1ccc(F)cc1)c1ccccc1. The third-order valence-electron chi connectivity index (χ3n) is 3.48. The predicted molar refractivity (Wildman–Crippen MR) is 77.3 cm³/mol. The summed E-state index contributed by atoms with van der Waals surface area (Å²) in [5.41, 5.74) is 8.44. The molecule has 1 unspecified atom stereocenters. The van der Waals surface area contributed by atoms with Crippen molar-refractivity contribution in [1.82, 2.24) is 0 Å². The van der Waals surface area contributed by atoms with E-state index in [1.807, 2.05) is 30.3 Å². The first-order valence-corrected chi connectivity index (χ1v) is 6.73. The summed E-state index contributed by atoms with van der Waals surface area (Å²) in [6, 6.07) is 16.8. The van der Waals surface area contributed by atoms with Gasteiger partial charge in [-0.3, -0.25) is 0 Å². The van der Waals surface area contributed by atoms with Gasteiger partial charge < -0.3 is 5.73 Å². The van der Waals surface area contributed by atoms with Gasteiger partial charge in [-0.05, 0) is 36.1 Å². The van der Waals surface area contributed by atoms with E-state index in [2.05, 4.69) is 19.1 Å². The second kappa shape index (κ2) is 5.98. The molecule has 2 aromatic carbocycles. The topological polar surface area (TPSA) is 26.0 Å². The summed E-state index contributed by atoms with van der Waals surface area (Å²) < 4.78 is 13.0. The molecule has 0 aliphatic carbocycles. The molecule has 19 heavy (non-hydrogen) atoms. The molecule has 0 saturated carbocycles. The third-order valence-corrected chi connectivity index (χ3v) is 3.48. The van der Waals surface area contributed by atoms with Crippen LogP contribution >= 0.6 is 0 Å². The van der Waals surface area contributed by atoms with E-state index in [1.54, 1.807) is 0 Å². The van der Waals surface area contributed by atoms with Gasteiger partial charge >= 0.3 is 0 Å². The van der Waals surface area contributed by atoms with Gasteiger partial charge in [-0.2, -0.15) is 0 Å². The highest BCUT2D eigenvalue weighted by Crippen LogP contribution is 2.28. The molecule has 0 radical (unpaired) electrons. The van der Waals surface area contributed by atoms with E-state index in [0.717, 1.165) is 30.4 Å². The average molecular weight is 257 g/mol. The maximum Gasteiger partial charge on any atom is 0.123 e. The van der Waals surface area contributed by atoms with Crippen LogP contribution in [0.3, 0.4) is 0 Å². The first-order valence-electron chi connectivity index (χ1n) is 6.73. The fraction of sp³-hybridized carbons (Fsp3) is 0.294. The van der Waals surface area contributed by atoms with E-state index < -0.39 is 0 Å². The van der Waals surface area contributed by atoms with Crippen LogP contribution in [0.1, 0.15) is 30.9 Å². The fourth-order valence-electron chi connectivity index (χ4n) is 2.52. The van der Waals surface area contributed by atoms with Crippen molar-refractivity contribution in [2.24, 2.45) is 5.73 Å². The molecule has 1 nitrogen and oxygen atoms in total. The van der Waals surface area contributed by atoms with Gasteiger partial charge in [-0.25, -0.2) is 4.39 Å². The van der Waals surface area contributed by atoms with Gasteiger partial charge in [0.15, 0.2) is 0 Å². The van der Waals surface area contributed by atoms with E-state index in [1.165, 1.54) is 12.1 Å². The Morgan fingerprint density at radius 3 is 2.21 bits per heavy atom. The van der Waals surface area contributed by atoms with Crippen molar-refractivity contribution in [3.8, 4) is 0 Å². The first-order chi connectivity index (χ1) is 9.14. The van der Waals surface area contributed by atoms with Crippen LogP contribution in [0.25, 0.3) is 0 Å². The Labute approximate surface area is 114 Å². The Kier molecular flexibility index (Phi) is 4.33. The smallest absolute Gasteiger partial charge is 0.123 e. The van der Waals surface area contributed by atoms with Crippen LogP contribution < -0.4 is 5.73 Å². The highest BCUT2D eigenvalue weighted by atomic mass is 19.1. The van der Waals surface area contributed by atoms with Crippen molar-refractivity contribution in [2.75, 3.05) is 0 Å². The highest BCUT2D eigenvalue weighted by molar-refractivity contribution is 5.28. The molecule has 1 atom stereocenters. The summed E-state index contributed by atoms with van der Waals surface area (Å²) in [6.07, 6.45) is 2.66. The number of benzene rings is 2. The second-order valence-electron chi connectivity index (χ2n) is 5.08. The molecular formula is C17H20FN. The van der Waals surface area contributed by atoms with Gasteiger partial charge in [-0.15, -0.1) is 0 Å². The minimum absolute atomic E-state index is 0.207. The Bertz CT molecular complexity index is 507. The molecule has 2 rings (SSSR count). The number of hydrogen-bond donors (Lipinski definition) is 1. The summed E-state index contributed by atoms with van der Waals surface area (Å²) in [5, 5.41) is 0. The molecule has 0 bridgehead atoms. The van der Waals surface area contributed by atoms with Crippen molar-refractivity contribution in [1.29, 1.82) is 0 Å². The molecule has 2 aromatic rings. The molecule has 100 valence electrons.